The number of carbonyl (C=O) groups excluding carboxylic acids is 1. The molecule has 1 N–H and O–H groups in total. The first kappa shape index (κ1) is 12.6. The SMILES string of the molecule is O=C(c1cccnc1)N1CCN(C2CCNC2)CC1. The van der Waals surface area contributed by atoms with Gasteiger partial charge in [-0.3, -0.25) is 14.7 Å². The lowest BCUT2D eigenvalue weighted by atomic mass is 10.1. The molecule has 2 fully saturated rings. The van der Waals surface area contributed by atoms with E-state index in [1.807, 2.05) is 17.0 Å². The van der Waals surface area contributed by atoms with Crippen LogP contribution in [-0.2, 0) is 0 Å². The lowest BCUT2D eigenvalue weighted by Crippen LogP contribution is -2.52. The van der Waals surface area contributed by atoms with E-state index < -0.39 is 0 Å². The summed E-state index contributed by atoms with van der Waals surface area (Å²) in [6.45, 7) is 5.83. The van der Waals surface area contributed by atoms with Crippen molar-refractivity contribution in [2.75, 3.05) is 39.3 Å². The summed E-state index contributed by atoms with van der Waals surface area (Å²) >= 11 is 0. The molecular weight excluding hydrogens is 240 g/mol. The maximum Gasteiger partial charge on any atom is 0.255 e. The van der Waals surface area contributed by atoms with Gasteiger partial charge in [-0.2, -0.15) is 0 Å². The first-order valence-corrected chi connectivity index (χ1v) is 6.98. The zero-order valence-electron chi connectivity index (χ0n) is 11.1. The zero-order valence-corrected chi connectivity index (χ0v) is 11.1. The van der Waals surface area contributed by atoms with Gasteiger partial charge in [0.1, 0.15) is 0 Å². The van der Waals surface area contributed by atoms with Gasteiger partial charge in [-0.25, -0.2) is 0 Å². The maximum atomic E-state index is 12.3. The molecule has 0 aliphatic carbocycles. The predicted octanol–water partition coefficient (Wildman–Crippen LogP) is 0.201. The average Bonchev–Trinajstić information content (AvgIpc) is 3.02. The number of rotatable bonds is 2. The van der Waals surface area contributed by atoms with Gasteiger partial charge in [0.15, 0.2) is 0 Å². The molecule has 1 amide bonds. The van der Waals surface area contributed by atoms with E-state index in [-0.39, 0.29) is 5.91 Å². The van der Waals surface area contributed by atoms with Crippen molar-refractivity contribution in [3.05, 3.63) is 30.1 Å². The second-order valence-electron chi connectivity index (χ2n) is 5.22. The Morgan fingerprint density at radius 3 is 2.79 bits per heavy atom. The minimum atomic E-state index is 0.109. The van der Waals surface area contributed by atoms with Crippen LogP contribution in [0.3, 0.4) is 0 Å². The molecule has 5 heteroatoms. The van der Waals surface area contributed by atoms with Crippen molar-refractivity contribution in [3.63, 3.8) is 0 Å². The molecule has 5 nitrogen and oxygen atoms in total. The fraction of sp³-hybridized carbons (Fsp3) is 0.571. The highest BCUT2D eigenvalue weighted by Gasteiger charge is 2.28. The van der Waals surface area contributed by atoms with Crippen LogP contribution in [0.4, 0.5) is 0 Å². The van der Waals surface area contributed by atoms with Crippen LogP contribution in [0.5, 0.6) is 0 Å². The maximum absolute atomic E-state index is 12.3. The van der Waals surface area contributed by atoms with E-state index in [1.54, 1.807) is 12.4 Å². The number of piperazine rings is 1. The van der Waals surface area contributed by atoms with E-state index >= 15 is 0 Å². The van der Waals surface area contributed by atoms with E-state index in [9.17, 15) is 4.79 Å². The fourth-order valence-electron chi connectivity index (χ4n) is 2.91. The monoisotopic (exact) mass is 260 g/mol. The molecule has 1 atom stereocenters. The van der Waals surface area contributed by atoms with Gasteiger partial charge in [0.05, 0.1) is 5.56 Å². The molecule has 102 valence electrons. The van der Waals surface area contributed by atoms with Crippen LogP contribution in [-0.4, -0.2) is 66.0 Å². The van der Waals surface area contributed by atoms with Crippen LogP contribution in [0.25, 0.3) is 0 Å². The fourth-order valence-corrected chi connectivity index (χ4v) is 2.91. The number of hydrogen-bond donors (Lipinski definition) is 1. The topological polar surface area (TPSA) is 48.5 Å². The van der Waals surface area contributed by atoms with Gasteiger partial charge < -0.3 is 10.2 Å². The van der Waals surface area contributed by atoms with Gasteiger partial charge in [-0.1, -0.05) is 0 Å². The number of pyridine rings is 1. The van der Waals surface area contributed by atoms with Crippen molar-refractivity contribution in [1.29, 1.82) is 0 Å². The first-order chi connectivity index (χ1) is 9.34. The highest BCUT2D eigenvalue weighted by atomic mass is 16.2. The Kier molecular flexibility index (Phi) is 3.75. The largest absolute Gasteiger partial charge is 0.336 e. The predicted molar refractivity (Wildman–Crippen MR) is 73.0 cm³/mol. The van der Waals surface area contributed by atoms with Gasteiger partial charge in [0.25, 0.3) is 5.91 Å². The number of nitrogens with one attached hydrogen (secondary N) is 1. The summed E-state index contributed by atoms with van der Waals surface area (Å²) in [6, 6.07) is 4.31. The van der Waals surface area contributed by atoms with E-state index in [1.165, 1.54) is 6.42 Å². The molecule has 2 aliphatic rings. The van der Waals surface area contributed by atoms with Crippen LogP contribution in [0, 0.1) is 0 Å². The molecule has 0 radical (unpaired) electrons. The highest BCUT2D eigenvalue weighted by molar-refractivity contribution is 5.93. The number of nitrogens with zero attached hydrogens (tertiary/aromatic N) is 3. The van der Waals surface area contributed by atoms with Crippen LogP contribution in [0.1, 0.15) is 16.8 Å². The van der Waals surface area contributed by atoms with Crippen LogP contribution in [0.15, 0.2) is 24.5 Å². The average molecular weight is 260 g/mol. The number of hydrogen-bond acceptors (Lipinski definition) is 4. The molecule has 1 unspecified atom stereocenters. The Morgan fingerprint density at radius 1 is 1.32 bits per heavy atom. The minimum Gasteiger partial charge on any atom is -0.336 e. The summed E-state index contributed by atoms with van der Waals surface area (Å²) in [5, 5.41) is 3.40. The molecule has 1 aromatic heterocycles. The second kappa shape index (κ2) is 5.67. The van der Waals surface area contributed by atoms with Crippen molar-refractivity contribution in [3.8, 4) is 0 Å². The summed E-state index contributed by atoms with van der Waals surface area (Å²) in [4.78, 5) is 20.7. The van der Waals surface area contributed by atoms with Gasteiger partial charge >= 0.3 is 0 Å². The van der Waals surface area contributed by atoms with Crippen LogP contribution < -0.4 is 5.32 Å². The normalized spacial score (nSPS) is 24.6. The van der Waals surface area contributed by atoms with Gasteiger partial charge in [0, 0.05) is 51.2 Å². The number of aromatic nitrogens is 1. The first-order valence-electron chi connectivity index (χ1n) is 6.98. The molecule has 1 aromatic rings. The van der Waals surface area contributed by atoms with E-state index in [2.05, 4.69) is 15.2 Å². The molecule has 2 saturated heterocycles. The van der Waals surface area contributed by atoms with Crippen molar-refractivity contribution < 1.29 is 4.79 Å². The lowest BCUT2D eigenvalue weighted by Gasteiger charge is -2.37. The number of amides is 1. The standard InChI is InChI=1S/C14H20N4O/c19-14(12-2-1-4-15-10-12)18-8-6-17(7-9-18)13-3-5-16-11-13/h1-2,4,10,13,16H,3,5-9,11H2. The molecule has 0 saturated carbocycles. The van der Waals surface area contributed by atoms with Gasteiger partial charge in [0.2, 0.25) is 0 Å². The summed E-state index contributed by atoms with van der Waals surface area (Å²) in [6.07, 6.45) is 4.58. The third-order valence-corrected chi connectivity index (χ3v) is 4.06. The third kappa shape index (κ3) is 2.77. The smallest absolute Gasteiger partial charge is 0.255 e. The Labute approximate surface area is 113 Å². The summed E-state index contributed by atoms with van der Waals surface area (Å²) < 4.78 is 0. The zero-order chi connectivity index (χ0) is 13.1. The van der Waals surface area contributed by atoms with Gasteiger partial charge in [-0.05, 0) is 25.1 Å². The van der Waals surface area contributed by atoms with E-state index in [4.69, 9.17) is 0 Å². The minimum absolute atomic E-state index is 0.109. The van der Waals surface area contributed by atoms with E-state index in [0.717, 1.165) is 39.3 Å². The summed E-state index contributed by atoms with van der Waals surface area (Å²) in [5.74, 6) is 0.109. The van der Waals surface area contributed by atoms with Gasteiger partial charge in [-0.15, -0.1) is 0 Å². The highest BCUT2D eigenvalue weighted by Crippen LogP contribution is 2.13. The molecule has 19 heavy (non-hydrogen) atoms. The molecule has 0 aromatic carbocycles. The second-order valence-corrected chi connectivity index (χ2v) is 5.22. The van der Waals surface area contributed by atoms with Crippen molar-refractivity contribution in [2.45, 2.75) is 12.5 Å². The summed E-state index contributed by atoms with van der Waals surface area (Å²) in [5.41, 5.74) is 0.693. The molecule has 0 spiro atoms. The van der Waals surface area contributed by atoms with Crippen LogP contribution in [0.2, 0.25) is 0 Å². The Hall–Kier alpha value is -1.46. The molecular formula is C14H20N4O. The van der Waals surface area contributed by atoms with E-state index in [0.29, 0.717) is 11.6 Å². The van der Waals surface area contributed by atoms with Crippen molar-refractivity contribution in [2.24, 2.45) is 0 Å². The van der Waals surface area contributed by atoms with Crippen molar-refractivity contribution in [1.82, 2.24) is 20.1 Å². The third-order valence-electron chi connectivity index (χ3n) is 4.06. The molecule has 2 aliphatic heterocycles. The Bertz CT molecular complexity index is 422. The van der Waals surface area contributed by atoms with Crippen molar-refractivity contribution >= 4 is 5.91 Å². The molecule has 0 bridgehead atoms. The Morgan fingerprint density at radius 2 is 2.16 bits per heavy atom. The molecule has 3 heterocycles. The van der Waals surface area contributed by atoms with Crippen LogP contribution >= 0.6 is 0 Å². The quantitative estimate of drug-likeness (QED) is 0.825. The molecule has 3 rings (SSSR count). The lowest BCUT2D eigenvalue weighted by molar-refractivity contribution is 0.0583. The summed E-state index contributed by atoms with van der Waals surface area (Å²) in [7, 11) is 0. The Balaban J connectivity index is 1.56. The number of carbonyl (C=O) groups is 1.